The monoisotopic (exact) mass is 407 g/mol. The lowest BCUT2D eigenvalue weighted by Gasteiger charge is -2.12. The highest BCUT2D eigenvalue weighted by atomic mass is 15.3. The highest BCUT2D eigenvalue weighted by Gasteiger charge is 2.05. The summed E-state index contributed by atoms with van der Waals surface area (Å²) >= 11 is 0. The molecule has 7 nitrogen and oxygen atoms in total. The average molecular weight is 408 g/mol. The molecule has 0 amide bonds. The standard InChI is InChI=1S/C23H33N7/c1-4-24-23(26-12-8-15-30-20(3)17-19(2)28-30)27-13-11-22-25-14-16-29(22)18-21-9-6-5-7-10-21/h5-7,9-10,14,16-17H,4,8,11-13,15,18H2,1-3H3,(H2,24,26,27). The molecule has 3 aromatic rings. The molecule has 2 heterocycles. The summed E-state index contributed by atoms with van der Waals surface area (Å²) in [4.78, 5) is 9.23. The smallest absolute Gasteiger partial charge is 0.191 e. The Morgan fingerprint density at radius 2 is 1.97 bits per heavy atom. The topological polar surface area (TPSA) is 72.1 Å². The van der Waals surface area contributed by atoms with Crippen molar-refractivity contribution in [3.63, 3.8) is 0 Å². The second-order valence-corrected chi connectivity index (χ2v) is 7.40. The van der Waals surface area contributed by atoms with E-state index in [1.807, 2.05) is 25.4 Å². The average Bonchev–Trinajstić information content (AvgIpc) is 3.31. The van der Waals surface area contributed by atoms with E-state index in [9.17, 15) is 0 Å². The van der Waals surface area contributed by atoms with Crippen LogP contribution in [0.15, 0.2) is 53.8 Å². The van der Waals surface area contributed by atoms with Crippen LogP contribution in [-0.4, -0.2) is 44.9 Å². The maximum absolute atomic E-state index is 4.70. The summed E-state index contributed by atoms with van der Waals surface area (Å²) in [5.41, 5.74) is 3.55. The predicted octanol–water partition coefficient (Wildman–Crippen LogP) is 2.93. The molecule has 0 aliphatic carbocycles. The molecule has 0 spiro atoms. The van der Waals surface area contributed by atoms with Crippen LogP contribution >= 0.6 is 0 Å². The molecule has 0 radical (unpaired) electrons. The molecule has 1 aromatic carbocycles. The first-order valence-corrected chi connectivity index (χ1v) is 10.7. The molecule has 0 atom stereocenters. The summed E-state index contributed by atoms with van der Waals surface area (Å²) in [5, 5.41) is 11.3. The van der Waals surface area contributed by atoms with Crippen molar-refractivity contribution < 1.29 is 0 Å². The minimum absolute atomic E-state index is 0.760. The van der Waals surface area contributed by atoms with Gasteiger partial charge in [-0.1, -0.05) is 30.3 Å². The molecule has 30 heavy (non-hydrogen) atoms. The van der Waals surface area contributed by atoms with E-state index in [1.165, 1.54) is 11.3 Å². The number of rotatable bonds is 10. The van der Waals surface area contributed by atoms with E-state index in [4.69, 9.17) is 4.99 Å². The van der Waals surface area contributed by atoms with Gasteiger partial charge in [0.25, 0.3) is 0 Å². The Morgan fingerprint density at radius 1 is 1.13 bits per heavy atom. The van der Waals surface area contributed by atoms with Crippen LogP contribution in [-0.2, 0) is 19.5 Å². The zero-order valence-electron chi connectivity index (χ0n) is 18.3. The zero-order chi connectivity index (χ0) is 21.2. The normalized spacial score (nSPS) is 11.6. The molecule has 0 saturated heterocycles. The van der Waals surface area contributed by atoms with Crippen LogP contribution in [0.3, 0.4) is 0 Å². The van der Waals surface area contributed by atoms with Crippen molar-refractivity contribution in [2.75, 3.05) is 19.6 Å². The largest absolute Gasteiger partial charge is 0.357 e. The van der Waals surface area contributed by atoms with Gasteiger partial charge in [0.2, 0.25) is 0 Å². The van der Waals surface area contributed by atoms with Gasteiger partial charge in [-0.25, -0.2) is 4.98 Å². The van der Waals surface area contributed by atoms with E-state index < -0.39 is 0 Å². The highest BCUT2D eigenvalue weighted by molar-refractivity contribution is 5.79. The summed E-state index contributed by atoms with van der Waals surface area (Å²) in [6.45, 7) is 10.3. The van der Waals surface area contributed by atoms with Crippen molar-refractivity contribution >= 4 is 5.96 Å². The molecule has 2 N–H and O–H groups in total. The van der Waals surface area contributed by atoms with Crippen molar-refractivity contribution in [1.82, 2.24) is 30.0 Å². The summed E-state index contributed by atoms with van der Waals surface area (Å²) in [7, 11) is 0. The number of aromatic nitrogens is 4. The number of nitrogens with one attached hydrogen (secondary N) is 2. The van der Waals surface area contributed by atoms with Gasteiger partial charge in [0.15, 0.2) is 5.96 Å². The van der Waals surface area contributed by atoms with Gasteiger partial charge in [0.1, 0.15) is 5.82 Å². The van der Waals surface area contributed by atoms with E-state index >= 15 is 0 Å². The van der Waals surface area contributed by atoms with Crippen molar-refractivity contribution in [1.29, 1.82) is 0 Å². The van der Waals surface area contributed by atoms with Crippen molar-refractivity contribution in [3.05, 3.63) is 71.6 Å². The van der Waals surface area contributed by atoms with Crippen molar-refractivity contribution in [2.24, 2.45) is 4.99 Å². The second-order valence-electron chi connectivity index (χ2n) is 7.40. The van der Waals surface area contributed by atoms with Crippen LogP contribution in [0.2, 0.25) is 0 Å². The van der Waals surface area contributed by atoms with Crippen LogP contribution in [0.5, 0.6) is 0 Å². The first-order chi connectivity index (χ1) is 14.7. The van der Waals surface area contributed by atoms with Gasteiger partial charge < -0.3 is 15.2 Å². The molecule has 2 aromatic heterocycles. The fraction of sp³-hybridized carbons (Fsp3) is 0.435. The van der Waals surface area contributed by atoms with Gasteiger partial charge in [-0.05, 0) is 38.8 Å². The number of hydrogen-bond acceptors (Lipinski definition) is 3. The zero-order valence-corrected chi connectivity index (χ0v) is 18.3. The molecule has 7 heteroatoms. The number of nitrogens with zero attached hydrogens (tertiary/aromatic N) is 5. The van der Waals surface area contributed by atoms with Crippen molar-refractivity contribution in [3.8, 4) is 0 Å². The molecule has 0 aliphatic rings. The summed E-state index contributed by atoms with van der Waals surface area (Å²) in [6, 6.07) is 12.6. The van der Waals surface area contributed by atoms with E-state index in [-0.39, 0.29) is 0 Å². The van der Waals surface area contributed by atoms with E-state index in [2.05, 4.69) is 74.1 Å². The molecule has 0 saturated carbocycles. The quantitative estimate of drug-likeness (QED) is 0.308. The van der Waals surface area contributed by atoms with Crippen LogP contribution in [0, 0.1) is 13.8 Å². The minimum atomic E-state index is 0.760. The third kappa shape index (κ3) is 6.47. The Balaban J connectivity index is 1.46. The van der Waals surface area contributed by atoms with Gasteiger partial charge >= 0.3 is 0 Å². The Morgan fingerprint density at radius 3 is 2.70 bits per heavy atom. The third-order valence-electron chi connectivity index (χ3n) is 4.88. The molecule has 0 unspecified atom stereocenters. The minimum Gasteiger partial charge on any atom is -0.357 e. The third-order valence-corrected chi connectivity index (χ3v) is 4.88. The summed E-state index contributed by atoms with van der Waals surface area (Å²) in [6.07, 6.45) is 5.72. The Hall–Kier alpha value is -3.09. The number of aryl methyl sites for hydroxylation is 3. The lowest BCUT2D eigenvalue weighted by molar-refractivity contribution is 0.567. The number of guanidine groups is 1. The first-order valence-electron chi connectivity index (χ1n) is 10.7. The second kappa shape index (κ2) is 11.2. The fourth-order valence-electron chi connectivity index (χ4n) is 3.44. The van der Waals surface area contributed by atoms with Gasteiger partial charge in [-0.15, -0.1) is 0 Å². The van der Waals surface area contributed by atoms with Crippen LogP contribution < -0.4 is 10.6 Å². The van der Waals surface area contributed by atoms with Gasteiger partial charge in [0.05, 0.1) is 5.69 Å². The summed E-state index contributed by atoms with van der Waals surface area (Å²) < 4.78 is 4.26. The van der Waals surface area contributed by atoms with E-state index in [0.717, 1.165) is 63.0 Å². The molecular weight excluding hydrogens is 374 g/mol. The maximum Gasteiger partial charge on any atom is 0.191 e. The maximum atomic E-state index is 4.70. The SMILES string of the molecule is CCNC(=NCCCn1nc(C)cc1C)NCCc1nccn1Cc1ccccc1. The highest BCUT2D eigenvalue weighted by Crippen LogP contribution is 2.06. The molecular formula is C23H33N7. The lowest BCUT2D eigenvalue weighted by atomic mass is 10.2. The molecule has 0 fully saturated rings. The van der Waals surface area contributed by atoms with Crippen LogP contribution in [0.25, 0.3) is 0 Å². The predicted molar refractivity (Wildman–Crippen MR) is 122 cm³/mol. The van der Waals surface area contributed by atoms with Gasteiger partial charge in [0, 0.05) is 57.2 Å². The molecule has 3 rings (SSSR count). The fourth-order valence-corrected chi connectivity index (χ4v) is 3.44. The summed E-state index contributed by atoms with van der Waals surface area (Å²) in [5.74, 6) is 1.93. The number of benzene rings is 1. The Labute approximate surface area is 179 Å². The Kier molecular flexibility index (Phi) is 8.06. The Bertz CT molecular complexity index is 924. The van der Waals surface area contributed by atoms with Gasteiger partial charge in [-0.2, -0.15) is 5.10 Å². The van der Waals surface area contributed by atoms with E-state index in [0.29, 0.717) is 0 Å². The van der Waals surface area contributed by atoms with Crippen molar-refractivity contribution in [2.45, 2.75) is 46.7 Å². The first kappa shape index (κ1) is 21.6. The molecule has 160 valence electrons. The lowest BCUT2D eigenvalue weighted by Crippen LogP contribution is -2.38. The number of hydrogen-bond donors (Lipinski definition) is 2. The van der Waals surface area contributed by atoms with Crippen LogP contribution in [0.4, 0.5) is 0 Å². The number of imidazole rings is 1. The van der Waals surface area contributed by atoms with Gasteiger partial charge in [-0.3, -0.25) is 9.67 Å². The van der Waals surface area contributed by atoms with E-state index in [1.54, 1.807) is 0 Å². The molecule has 0 aliphatic heterocycles. The molecule has 0 bridgehead atoms. The van der Waals surface area contributed by atoms with Crippen LogP contribution in [0.1, 0.15) is 36.1 Å². The number of aliphatic imine (C=N–C) groups is 1.